The van der Waals surface area contributed by atoms with E-state index in [0.717, 1.165) is 21.6 Å². The van der Waals surface area contributed by atoms with Crippen molar-refractivity contribution in [2.24, 2.45) is 0 Å². The molecule has 0 spiro atoms. The van der Waals surface area contributed by atoms with Crippen LogP contribution >= 0.6 is 11.3 Å². The van der Waals surface area contributed by atoms with E-state index in [1.165, 1.54) is 11.3 Å². The van der Waals surface area contributed by atoms with Gasteiger partial charge in [0, 0.05) is 11.8 Å². The van der Waals surface area contributed by atoms with Crippen LogP contribution in [0.3, 0.4) is 0 Å². The minimum atomic E-state index is 0.792. The molecule has 1 aromatic heterocycles. The first-order valence-corrected chi connectivity index (χ1v) is 6.31. The molecule has 2 rings (SSSR count). The Labute approximate surface area is 106 Å². The van der Waals surface area contributed by atoms with E-state index in [9.17, 15) is 0 Å². The fraction of sp³-hybridized carbons (Fsp3) is 0.333. The molecule has 1 heterocycles. The maximum absolute atomic E-state index is 5.13. The number of ether oxygens (including phenoxy) is 1. The van der Waals surface area contributed by atoms with Crippen molar-refractivity contribution in [2.45, 2.75) is 20.8 Å². The molecule has 4 nitrogen and oxygen atoms in total. The largest absolute Gasteiger partial charge is 0.497 e. The molecule has 0 unspecified atom stereocenters. The van der Waals surface area contributed by atoms with Gasteiger partial charge in [-0.3, -0.25) is 0 Å². The van der Waals surface area contributed by atoms with Gasteiger partial charge in [-0.15, -0.1) is 10.2 Å². The van der Waals surface area contributed by atoms with Crippen molar-refractivity contribution in [3.8, 4) is 5.75 Å². The summed E-state index contributed by atoms with van der Waals surface area (Å²) in [7, 11) is 1.65. The van der Waals surface area contributed by atoms with Crippen molar-refractivity contribution in [3.05, 3.63) is 29.3 Å². The SMILES string of the molecule is CC.COc1cccc(Nc2nnc(C)s2)c1. The van der Waals surface area contributed by atoms with E-state index >= 15 is 0 Å². The molecule has 0 saturated heterocycles. The zero-order valence-corrected chi connectivity index (χ0v) is 11.3. The van der Waals surface area contributed by atoms with Gasteiger partial charge in [0.2, 0.25) is 5.13 Å². The lowest BCUT2D eigenvalue weighted by molar-refractivity contribution is 0.415. The van der Waals surface area contributed by atoms with Gasteiger partial charge in [0.05, 0.1) is 7.11 Å². The van der Waals surface area contributed by atoms with Crippen LogP contribution in [0.5, 0.6) is 5.75 Å². The molecule has 17 heavy (non-hydrogen) atoms. The summed E-state index contributed by atoms with van der Waals surface area (Å²) in [6.45, 7) is 5.93. The number of aryl methyl sites for hydroxylation is 1. The van der Waals surface area contributed by atoms with Crippen molar-refractivity contribution in [1.29, 1.82) is 0 Å². The van der Waals surface area contributed by atoms with E-state index in [2.05, 4.69) is 15.5 Å². The lowest BCUT2D eigenvalue weighted by Crippen LogP contribution is -1.90. The molecule has 1 N–H and O–H groups in total. The number of anilines is 2. The van der Waals surface area contributed by atoms with E-state index in [-0.39, 0.29) is 0 Å². The minimum Gasteiger partial charge on any atom is -0.497 e. The standard InChI is InChI=1S/C10H11N3OS.C2H6/c1-7-12-13-10(15-7)11-8-4-3-5-9(6-8)14-2;1-2/h3-6H,1-2H3,(H,11,13);1-2H3. The number of rotatable bonds is 3. The number of nitrogens with one attached hydrogen (secondary N) is 1. The quantitative estimate of drug-likeness (QED) is 0.905. The van der Waals surface area contributed by atoms with Gasteiger partial charge in [0.15, 0.2) is 0 Å². The summed E-state index contributed by atoms with van der Waals surface area (Å²) in [6.07, 6.45) is 0. The highest BCUT2D eigenvalue weighted by Crippen LogP contribution is 2.23. The number of benzene rings is 1. The second kappa shape index (κ2) is 6.85. The first kappa shape index (κ1) is 13.4. The molecule has 0 aliphatic carbocycles. The summed E-state index contributed by atoms with van der Waals surface area (Å²) in [5.41, 5.74) is 0.950. The third-order valence-electron chi connectivity index (χ3n) is 1.85. The lowest BCUT2D eigenvalue weighted by Gasteiger charge is -2.04. The van der Waals surface area contributed by atoms with Crippen molar-refractivity contribution in [2.75, 3.05) is 12.4 Å². The Morgan fingerprint density at radius 3 is 2.59 bits per heavy atom. The molecule has 1 aromatic carbocycles. The summed E-state index contributed by atoms with van der Waals surface area (Å²) in [5, 5.41) is 12.8. The van der Waals surface area contributed by atoms with Crippen molar-refractivity contribution < 1.29 is 4.74 Å². The smallest absolute Gasteiger partial charge is 0.210 e. The van der Waals surface area contributed by atoms with E-state index < -0.39 is 0 Å². The van der Waals surface area contributed by atoms with E-state index in [1.54, 1.807) is 7.11 Å². The van der Waals surface area contributed by atoms with Gasteiger partial charge in [-0.2, -0.15) is 0 Å². The molecule has 0 fully saturated rings. The molecule has 0 amide bonds. The number of aromatic nitrogens is 2. The first-order valence-electron chi connectivity index (χ1n) is 5.49. The number of methoxy groups -OCH3 is 1. The average Bonchev–Trinajstić information content (AvgIpc) is 2.77. The van der Waals surface area contributed by atoms with Gasteiger partial charge in [-0.05, 0) is 19.1 Å². The van der Waals surface area contributed by atoms with E-state index in [4.69, 9.17) is 4.74 Å². The van der Waals surface area contributed by atoms with Crippen molar-refractivity contribution in [3.63, 3.8) is 0 Å². The third kappa shape index (κ3) is 4.03. The van der Waals surface area contributed by atoms with Gasteiger partial charge in [-0.25, -0.2) is 0 Å². The number of hydrogen-bond donors (Lipinski definition) is 1. The van der Waals surface area contributed by atoms with Gasteiger partial charge in [0.1, 0.15) is 10.8 Å². The maximum Gasteiger partial charge on any atom is 0.210 e. The Bertz CT molecular complexity index is 457. The van der Waals surface area contributed by atoms with E-state index in [1.807, 2.05) is 45.0 Å². The van der Waals surface area contributed by atoms with Gasteiger partial charge in [-0.1, -0.05) is 31.3 Å². The normalized spacial score (nSPS) is 9.18. The molecule has 0 atom stereocenters. The van der Waals surface area contributed by atoms with Crippen LogP contribution < -0.4 is 10.1 Å². The molecule has 5 heteroatoms. The molecule has 0 saturated carbocycles. The van der Waals surface area contributed by atoms with Crippen LogP contribution in [0, 0.1) is 6.92 Å². The van der Waals surface area contributed by atoms with Crippen LogP contribution in [0.4, 0.5) is 10.8 Å². The lowest BCUT2D eigenvalue weighted by atomic mass is 10.3. The number of hydrogen-bond acceptors (Lipinski definition) is 5. The molecule has 2 aromatic rings. The Hall–Kier alpha value is -1.62. The zero-order valence-electron chi connectivity index (χ0n) is 10.5. The summed E-state index contributed by atoms with van der Waals surface area (Å²) in [5.74, 6) is 0.821. The molecular formula is C12H17N3OS. The van der Waals surface area contributed by atoms with Crippen molar-refractivity contribution in [1.82, 2.24) is 10.2 Å². The number of nitrogens with zero attached hydrogens (tertiary/aromatic N) is 2. The second-order valence-electron chi connectivity index (χ2n) is 2.98. The first-order chi connectivity index (χ1) is 8.28. The van der Waals surface area contributed by atoms with Gasteiger partial charge < -0.3 is 10.1 Å². The molecule has 0 radical (unpaired) electrons. The summed E-state index contributed by atoms with van der Waals surface area (Å²) < 4.78 is 5.13. The molecule has 0 bridgehead atoms. The van der Waals surface area contributed by atoms with Crippen LogP contribution in [-0.4, -0.2) is 17.3 Å². The van der Waals surface area contributed by atoms with Crippen LogP contribution in [0.15, 0.2) is 24.3 Å². The Morgan fingerprint density at radius 2 is 2.00 bits per heavy atom. The molecule has 0 aliphatic rings. The van der Waals surface area contributed by atoms with Crippen LogP contribution in [0.1, 0.15) is 18.9 Å². The Morgan fingerprint density at radius 1 is 1.24 bits per heavy atom. The van der Waals surface area contributed by atoms with Crippen LogP contribution in [0.25, 0.3) is 0 Å². The predicted molar refractivity (Wildman–Crippen MR) is 72.3 cm³/mol. The predicted octanol–water partition coefficient (Wildman–Crippen LogP) is 3.62. The molecule has 92 valence electrons. The highest BCUT2D eigenvalue weighted by atomic mass is 32.1. The molecule has 0 aliphatic heterocycles. The average molecular weight is 251 g/mol. The van der Waals surface area contributed by atoms with Crippen LogP contribution in [0.2, 0.25) is 0 Å². The van der Waals surface area contributed by atoms with Crippen molar-refractivity contribution >= 4 is 22.2 Å². The Kier molecular flexibility index (Phi) is 5.42. The summed E-state index contributed by atoms with van der Waals surface area (Å²) in [6, 6.07) is 7.70. The fourth-order valence-electron chi connectivity index (χ4n) is 1.17. The Balaban J connectivity index is 0.000000686. The van der Waals surface area contributed by atoms with E-state index in [0.29, 0.717) is 0 Å². The van der Waals surface area contributed by atoms with Gasteiger partial charge in [0.25, 0.3) is 0 Å². The summed E-state index contributed by atoms with van der Waals surface area (Å²) in [4.78, 5) is 0. The highest BCUT2D eigenvalue weighted by Gasteiger charge is 2.01. The maximum atomic E-state index is 5.13. The van der Waals surface area contributed by atoms with Gasteiger partial charge >= 0.3 is 0 Å². The molecular weight excluding hydrogens is 234 g/mol. The fourth-order valence-corrected chi connectivity index (χ4v) is 1.78. The third-order valence-corrected chi connectivity index (χ3v) is 2.60. The monoisotopic (exact) mass is 251 g/mol. The summed E-state index contributed by atoms with van der Waals surface area (Å²) >= 11 is 1.52. The topological polar surface area (TPSA) is 47.0 Å². The zero-order chi connectivity index (χ0) is 12.7. The second-order valence-corrected chi connectivity index (χ2v) is 4.16. The van der Waals surface area contributed by atoms with Crippen LogP contribution in [-0.2, 0) is 0 Å². The highest BCUT2D eigenvalue weighted by molar-refractivity contribution is 7.15. The minimum absolute atomic E-state index is 0.792.